The van der Waals surface area contributed by atoms with Gasteiger partial charge >= 0.3 is 0 Å². The molecule has 0 aliphatic heterocycles. The Balaban J connectivity index is 1.82. The molecule has 0 unspecified atom stereocenters. The maximum atomic E-state index is 11.8. The van der Waals surface area contributed by atoms with E-state index < -0.39 is 0 Å². The van der Waals surface area contributed by atoms with E-state index in [1.807, 2.05) is 37.3 Å². The maximum absolute atomic E-state index is 11.8. The average Bonchev–Trinajstić information content (AvgIpc) is 2.52. The van der Waals surface area contributed by atoms with Gasteiger partial charge in [0.15, 0.2) is 6.61 Å². The topological polar surface area (TPSA) is 62.1 Å². The zero-order chi connectivity index (χ0) is 15.1. The Kier molecular flexibility index (Phi) is 4.94. The van der Waals surface area contributed by atoms with Crippen LogP contribution >= 0.6 is 0 Å². The molecule has 1 N–H and O–H groups in total. The van der Waals surface area contributed by atoms with Gasteiger partial charge in [0.2, 0.25) is 0 Å². The van der Waals surface area contributed by atoms with Crippen molar-refractivity contribution >= 4 is 5.91 Å². The molecule has 106 valence electrons. The van der Waals surface area contributed by atoms with Crippen LogP contribution in [0.25, 0.3) is 0 Å². The number of nitriles is 1. The van der Waals surface area contributed by atoms with E-state index in [0.29, 0.717) is 17.9 Å². The molecule has 0 saturated carbocycles. The molecule has 0 saturated heterocycles. The highest BCUT2D eigenvalue weighted by molar-refractivity contribution is 5.77. The van der Waals surface area contributed by atoms with Crippen LogP contribution in [0.2, 0.25) is 0 Å². The highest BCUT2D eigenvalue weighted by Crippen LogP contribution is 2.12. The van der Waals surface area contributed by atoms with E-state index in [0.717, 1.165) is 11.1 Å². The van der Waals surface area contributed by atoms with E-state index in [9.17, 15) is 4.79 Å². The van der Waals surface area contributed by atoms with Gasteiger partial charge in [-0.05, 0) is 36.2 Å². The highest BCUT2D eigenvalue weighted by atomic mass is 16.5. The molecule has 0 aliphatic carbocycles. The summed E-state index contributed by atoms with van der Waals surface area (Å²) in [4.78, 5) is 11.8. The summed E-state index contributed by atoms with van der Waals surface area (Å²) < 4.78 is 5.37. The lowest BCUT2D eigenvalue weighted by molar-refractivity contribution is -0.123. The molecule has 2 aromatic carbocycles. The molecule has 0 aromatic heterocycles. The molecule has 1 amide bonds. The lowest BCUT2D eigenvalue weighted by atomic mass is 10.1. The van der Waals surface area contributed by atoms with Gasteiger partial charge in [-0.25, -0.2) is 0 Å². The summed E-state index contributed by atoms with van der Waals surface area (Å²) in [5, 5.41) is 11.6. The Bertz CT molecular complexity index is 674. The number of nitrogens with zero attached hydrogens (tertiary/aromatic N) is 1. The van der Waals surface area contributed by atoms with Crippen LogP contribution in [0, 0.1) is 18.3 Å². The molecule has 2 rings (SSSR count). The van der Waals surface area contributed by atoms with Gasteiger partial charge in [0.25, 0.3) is 5.91 Å². The minimum Gasteiger partial charge on any atom is -0.484 e. The lowest BCUT2D eigenvalue weighted by Crippen LogP contribution is -2.28. The molecule has 0 aliphatic rings. The Hall–Kier alpha value is -2.80. The number of rotatable bonds is 5. The fourth-order valence-corrected chi connectivity index (χ4v) is 1.86. The average molecular weight is 280 g/mol. The van der Waals surface area contributed by atoms with Gasteiger partial charge in [0.1, 0.15) is 5.75 Å². The number of hydrogen-bond acceptors (Lipinski definition) is 3. The summed E-state index contributed by atoms with van der Waals surface area (Å²) in [5.74, 6) is 0.320. The number of carbonyl (C=O) groups is 1. The van der Waals surface area contributed by atoms with Gasteiger partial charge in [0.05, 0.1) is 11.6 Å². The number of carbonyl (C=O) groups excluding carboxylic acids is 1. The van der Waals surface area contributed by atoms with Crippen molar-refractivity contribution in [1.29, 1.82) is 5.26 Å². The van der Waals surface area contributed by atoms with Crippen LogP contribution in [0.3, 0.4) is 0 Å². The number of amides is 1. The molecule has 2 aromatic rings. The van der Waals surface area contributed by atoms with Crippen LogP contribution in [0.1, 0.15) is 16.7 Å². The largest absolute Gasteiger partial charge is 0.484 e. The first-order valence-electron chi connectivity index (χ1n) is 6.63. The standard InChI is InChI=1S/C17H16N2O2/c1-13-5-2-3-7-15(13)11-19-17(20)12-21-16-8-4-6-14(9-16)10-18/h2-9H,11-12H2,1H3,(H,19,20). The molecular formula is C17H16N2O2. The SMILES string of the molecule is Cc1ccccc1CNC(=O)COc1cccc(C#N)c1. The molecule has 21 heavy (non-hydrogen) atoms. The quantitative estimate of drug-likeness (QED) is 0.915. The molecule has 4 heteroatoms. The van der Waals surface area contributed by atoms with E-state index >= 15 is 0 Å². The van der Waals surface area contributed by atoms with Gasteiger partial charge in [0, 0.05) is 6.54 Å². The molecule has 0 spiro atoms. The van der Waals surface area contributed by atoms with Crippen molar-refractivity contribution in [1.82, 2.24) is 5.32 Å². The molecule has 4 nitrogen and oxygen atoms in total. The second-order valence-electron chi connectivity index (χ2n) is 4.63. The molecule has 0 atom stereocenters. The van der Waals surface area contributed by atoms with Crippen LogP contribution in [-0.2, 0) is 11.3 Å². The molecule has 0 radical (unpaired) electrons. The van der Waals surface area contributed by atoms with Gasteiger partial charge in [-0.2, -0.15) is 5.26 Å². The summed E-state index contributed by atoms with van der Waals surface area (Å²) in [6.07, 6.45) is 0. The van der Waals surface area contributed by atoms with Crippen LogP contribution in [-0.4, -0.2) is 12.5 Å². The third-order valence-electron chi connectivity index (χ3n) is 3.07. The number of nitrogens with one attached hydrogen (secondary N) is 1. The fourth-order valence-electron chi connectivity index (χ4n) is 1.86. The monoisotopic (exact) mass is 280 g/mol. The zero-order valence-electron chi connectivity index (χ0n) is 11.8. The minimum atomic E-state index is -0.194. The number of benzene rings is 2. The number of aryl methyl sites for hydroxylation is 1. The van der Waals surface area contributed by atoms with Crippen molar-refractivity contribution in [2.24, 2.45) is 0 Å². The summed E-state index contributed by atoms with van der Waals surface area (Å²) in [6.45, 7) is 2.42. The van der Waals surface area contributed by atoms with E-state index in [1.165, 1.54) is 0 Å². The van der Waals surface area contributed by atoms with Gasteiger partial charge < -0.3 is 10.1 Å². The first-order chi connectivity index (χ1) is 10.2. The van der Waals surface area contributed by atoms with Crippen molar-refractivity contribution in [3.8, 4) is 11.8 Å². The Labute approximate surface area is 124 Å². The Morgan fingerprint density at radius 2 is 2.05 bits per heavy atom. The van der Waals surface area contributed by atoms with Gasteiger partial charge in [-0.3, -0.25) is 4.79 Å². The third-order valence-corrected chi connectivity index (χ3v) is 3.07. The highest BCUT2D eigenvalue weighted by Gasteiger charge is 2.04. The lowest BCUT2D eigenvalue weighted by Gasteiger charge is -2.09. The van der Waals surface area contributed by atoms with Crippen molar-refractivity contribution in [3.05, 3.63) is 65.2 Å². The normalized spacial score (nSPS) is 9.71. The van der Waals surface area contributed by atoms with E-state index in [2.05, 4.69) is 5.32 Å². The molecule has 0 bridgehead atoms. The summed E-state index contributed by atoms with van der Waals surface area (Å²) in [7, 11) is 0. The predicted octanol–water partition coefficient (Wildman–Crippen LogP) is 2.56. The van der Waals surface area contributed by atoms with Crippen molar-refractivity contribution in [2.45, 2.75) is 13.5 Å². The van der Waals surface area contributed by atoms with Gasteiger partial charge in [-0.15, -0.1) is 0 Å². The first-order valence-corrected chi connectivity index (χ1v) is 6.63. The zero-order valence-corrected chi connectivity index (χ0v) is 11.8. The van der Waals surface area contributed by atoms with Crippen LogP contribution in [0.5, 0.6) is 5.75 Å². The van der Waals surface area contributed by atoms with Crippen molar-refractivity contribution in [3.63, 3.8) is 0 Å². The van der Waals surface area contributed by atoms with E-state index in [4.69, 9.17) is 10.00 Å². The second-order valence-corrected chi connectivity index (χ2v) is 4.63. The molecule has 0 heterocycles. The summed E-state index contributed by atoms with van der Waals surface area (Å²) >= 11 is 0. The minimum absolute atomic E-state index is 0.0687. The Morgan fingerprint density at radius 1 is 1.24 bits per heavy atom. The summed E-state index contributed by atoms with van der Waals surface area (Å²) in [6, 6.07) is 16.6. The third kappa shape index (κ3) is 4.36. The van der Waals surface area contributed by atoms with Crippen molar-refractivity contribution in [2.75, 3.05) is 6.61 Å². The fraction of sp³-hybridized carbons (Fsp3) is 0.176. The van der Waals surface area contributed by atoms with Crippen LogP contribution in [0.15, 0.2) is 48.5 Å². The van der Waals surface area contributed by atoms with Crippen LogP contribution in [0.4, 0.5) is 0 Å². The molecule has 0 fully saturated rings. The summed E-state index contributed by atoms with van der Waals surface area (Å²) in [5.41, 5.74) is 2.73. The van der Waals surface area contributed by atoms with Crippen molar-refractivity contribution < 1.29 is 9.53 Å². The predicted molar refractivity (Wildman–Crippen MR) is 79.7 cm³/mol. The van der Waals surface area contributed by atoms with E-state index in [-0.39, 0.29) is 12.5 Å². The number of hydrogen-bond donors (Lipinski definition) is 1. The molecular weight excluding hydrogens is 264 g/mol. The smallest absolute Gasteiger partial charge is 0.258 e. The van der Waals surface area contributed by atoms with Crippen LogP contribution < -0.4 is 10.1 Å². The van der Waals surface area contributed by atoms with E-state index in [1.54, 1.807) is 24.3 Å². The number of ether oxygens (including phenoxy) is 1. The first kappa shape index (κ1) is 14.6. The van der Waals surface area contributed by atoms with Gasteiger partial charge in [-0.1, -0.05) is 30.3 Å². The Morgan fingerprint density at radius 3 is 2.81 bits per heavy atom. The second kappa shape index (κ2) is 7.11. The maximum Gasteiger partial charge on any atom is 0.258 e.